The van der Waals surface area contributed by atoms with Crippen molar-refractivity contribution >= 4 is 5.91 Å². The zero-order valence-electron chi connectivity index (χ0n) is 12.7. The molecule has 2 fully saturated rings. The predicted octanol–water partition coefficient (Wildman–Crippen LogP) is 0.652. The maximum absolute atomic E-state index is 13.6. The largest absolute Gasteiger partial charge is 0.389 e. The summed E-state index contributed by atoms with van der Waals surface area (Å²) in [4.78, 5) is 16.3. The fourth-order valence-electron chi connectivity index (χ4n) is 3.05. The summed E-state index contributed by atoms with van der Waals surface area (Å²) in [7, 11) is 0. The van der Waals surface area contributed by atoms with Crippen molar-refractivity contribution in [2.24, 2.45) is 0 Å². The highest BCUT2D eigenvalue weighted by Crippen LogP contribution is 2.17. The molecule has 0 bridgehead atoms. The third kappa shape index (κ3) is 2.99. The Kier molecular flexibility index (Phi) is 4.42. The van der Waals surface area contributed by atoms with Crippen molar-refractivity contribution in [2.45, 2.75) is 19.1 Å². The van der Waals surface area contributed by atoms with Crippen LogP contribution in [0, 0.1) is 12.7 Å². The number of nitrogens with zero attached hydrogens (tertiary/aromatic N) is 2. The molecule has 2 aliphatic rings. The number of aliphatic hydroxyl groups excluding tert-OH is 1. The molecule has 0 saturated carbocycles. The minimum Gasteiger partial charge on any atom is -0.389 e. The first kappa shape index (κ1) is 15.4. The van der Waals surface area contributed by atoms with Gasteiger partial charge in [0.15, 0.2) is 0 Å². The lowest BCUT2D eigenvalue weighted by atomic mass is 10.1. The molecule has 2 saturated heterocycles. The van der Waals surface area contributed by atoms with Crippen molar-refractivity contribution in [3.8, 4) is 0 Å². The lowest BCUT2D eigenvalue weighted by Gasteiger charge is -2.38. The van der Waals surface area contributed by atoms with E-state index in [4.69, 9.17) is 4.74 Å². The first-order chi connectivity index (χ1) is 10.6. The monoisotopic (exact) mass is 308 g/mol. The third-order valence-corrected chi connectivity index (χ3v) is 4.51. The number of hydrogen-bond acceptors (Lipinski definition) is 4. The van der Waals surface area contributed by atoms with Crippen molar-refractivity contribution in [3.63, 3.8) is 0 Å². The van der Waals surface area contributed by atoms with Crippen molar-refractivity contribution < 1.29 is 19.0 Å². The van der Waals surface area contributed by atoms with Gasteiger partial charge in [0.2, 0.25) is 0 Å². The molecule has 1 aromatic rings. The van der Waals surface area contributed by atoms with Gasteiger partial charge in [0.05, 0.1) is 25.4 Å². The summed E-state index contributed by atoms with van der Waals surface area (Å²) in [6.07, 6.45) is -0.451. The molecule has 1 N–H and O–H groups in total. The van der Waals surface area contributed by atoms with Gasteiger partial charge in [0.25, 0.3) is 5.91 Å². The molecule has 2 aliphatic heterocycles. The van der Waals surface area contributed by atoms with E-state index in [1.54, 1.807) is 24.0 Å². The van der Waals surface area contributed by atoms with E-state index in [1.165, 1.54) is 6.07 Å². The standard InChI is InChI=1S/C16H21FN2O3/c1-11-2-3-12(8-13(11)17)16(21)19-6-4-18(5-7-19)14-9-22-10-15(14)20/h2-3,8,14-15,20H,4-7,9-10H2,1H3/t14?,15-/m1/s1. The van der Waals surface area contributed by atoms with Crippen molar-refractivity contribution in [1.29, 1.82) is 0 Å². The summed E-state index contributed by atoms with van der Waals surface area (Å²) in [5, 5.41) is 9.86. The van der Waals surface area contributed by atoms with Gasteiger partial charge in [0.1, 0.15) is 5.82 Å². The molecule has 2 heterocycles. The summed E-state index contributed by atoms with van der Waals surface area (Å²) in [6, 6.07) is 4.62. The van der Waals surface area contributed by atoms with Gasteiger partial charge in [-0.05, 0) is 24.6 Å². The summed E-state index contributed by atoms with van der Waals surface area (Å²) in [6.45, 7) is 5.16. The second-order valence-electron chi connectivity index (χ2n) is 5.96. The van der Waals surface area contributed by atoms with Gasteiger partial charge in [-0.3, -0.25) is 9.69 Å². The van der Waals surface area contributed by atoms with Crippen LogP contribution in [-0.2, 0) is 4.74 Å². The SMILES string of the molecule is Cc1ccc(C(=O)N2CCN(C3COC[C@H]3O)CC2)cc1F. The Morgan fingerprint density at radius 3 is 2.59 bits per heavy atom. The Morgan fingerprint density at radius 1 is 1.27 bits per heavy atom. The molecule has 0 spiro atoms. The van der Waals surface area contributed by atoms with E-state index in [1.807, 2.05) is 0 Å². The minimum absolute atomic E-state index is 0.0223. The highest BCUT2D eigenvalue weighted by Gasteiger charge is 2.34. The van der Waals surface area contributed by atoms with Crippen LogP contribution in [0.2, 0.25) is 0 Å². The Hall–Kier alpha value is -1.50. The maximum Gasteiger partial charge on any atom is 0.254 e. The van der Waals surface area contributed by atoms with E-state index < -0.39 is 6.10 Å². The minimum atomic E-state index is -0.451. The van der Waals surface area contributed by atoms with Crippen LogP contribution in [0.4, 0.5) is 4.39 Å². The molecule has 1 unspecified atom stereocenters. The fraction of sp³-hybridized carbons (Fsp3) is 0.562. The Labute approximate surface area is 129 Å². The summed E-state index contributed by atoms with van der Waals surface area (Å²) >= 11 is 0. The molecular formula is C16H21FN2O3. The summed E-state index contributed by atoms with van der Waals surface area (Å²) < 4.78 is 18.9. The number of rotatable bonds is 2. The van der Waals surface area contributed by atoms with Crippen LogP contribution in [-0.4, -0.2) is 72.4 Å². The second kappa shape index (κ2) is 6.32. The molecular weight excluding hydrogens is 287 g/mol. The average molecular weight is 308 g/mol. The van der Waals surface area contributed by atoms with Gasteiger partial charge in [0, 0.05) is 31.7 Å². The number of benzene rings is 1. The van der Waals surface area contributed by atoms with Gasteiger partial charge in [-0.25, -0.2) is 4.39 Å². The number of amides is 1. The molecule has 0 aromatic heterocycles. The zero-order chi connectivity index (χ0) is 15.7. The topological polar surface area (TPSA) is 53.0 Å². The summed E-state index contributed by atoms with van der Waals surface area (Å²) in [5.41, 5.74) is 0.928. The van der Waals surface area contributed by atoms with E-state index >= 15 is 0 Å². The molecule has 2 atom stereocenters. The smallest absolute Gasteiger partial charge is 0.254 e. The summed E-state index contributed by atoms with van der Waals surface area (Å²) in [5.74, 6) is -0.488. The van der Waals surface area contributed by atoms with E-state index in [2.05, 4.69) is 4.90 Å². The Balaban J connectivity index is 1.61. The van der Waals surface area contributed by atoms with E-state index in [0.717, 1.165) is 0 Å². The zero-order valence-corrected chi connectivity index (χ0v) is 12.7. The number of halogens is 1. The number of aliphatic hydroxyl groups is 1. The lowest BCUT2D eigenvalue weighted by molar-refractivity contribution is 0.0375. The molecule has 1 aromatic carbocycles. The van der Waals surface area contributed by atoms with E-state index in [-0.39, 0.29) is 17.8 Å². The first-order valence-electron chi connectivity index (χ1n) is 7.61. The van der Waals surface area contributed by atoms with E-state index in [9.17, 15) is 14.3 Å². The molecule has 6 heteroatoms. The fourth-order valence-corrected chi connectivity index (χ4v) is 3.05. The highest BCUT2D eigenvalue weighted by atomic mass is 19.1. The van der Waals surface area contributed by atoms with Crippen molar-refractivity contribution in [3.05, 3.63) is 35.1 Å². The van der Waals surface area contributed by atoms with Crippen LogP contribution in [0.3, 0.4) is 0 Å². The number of carbonyl (C=O) groups is 1. The lowest BCUT2D eigenvalue weighted by Crippen LogP contribution is -2.54. The van der Waals surface area contributed by atoms with Crippen LogP contribution in [0.1, 0.15) is 15.9 Å². The van der Waals surface area contributed by atoms with Crippen LogP contribution >= 0.6 is 0 Å². The van der Waals surface area contributed by atoms with Crippen molar-refractivity contribution in [1.82, 2.24) is 9.80 Å². The third-order valence-electron chi connectivity index (χ3n) is 4.51. The second-order valence-corrected chi connectivity index (χ2v) is 5.96. The molecule has 5 nitrogen and oxygen atoms in total. The molecule has 0 aliphatic carbocycles. The predicted molar refractivity (Wildman–Crippen MR) is 79.2 cm³/mol. The van der Waals surface area contributed by atoms with Gasteiger partial charge < -0.3 is 14.7 Å². The molecule has 0 radical (unpaired) electrons. The van der Waals surface area contributed by atoms with Crippen LogP contribution in [0.25, 0.3) is 0 Å². The molecule has 22 heavy (non-hydrogen) atoms. The number of aryl methyl sites for hydroxylation is 1. The maximum atomic E-state index is 13.6. The Morgan fingerprint density at radius 2 is 2.00 bits per heavy atom. The van der Waals surface area contributed by atoms with Gasteiger partial charge in [-0.2, -0.15) is 0 Å². The quantitative estimate of drug-likeness (QED) is 0.872. The number of ether oxygens (including phenoxy) is 1. The molecule has 120 valence electrons. The van der Waals surface area contributed by atoms with Crippen LogP contribution in [0.5, 0.6) is 0 Å². The number of carbonyl (C=O) groups excluding carboxylic acids is 1. The van der Waals surface area contributed by atoms with Crippen molar-refractivity contribution in [2.75, 3.05) is 39.4 Å². The van der Waals surface area contributed by atoms with Gasteiger partial charge >= 0.3 is 0 Å². The molecule has 1 amide bonds. The van der Waals surface area contributed by atoms with Gasteiger partial charge in [-0.15, -0.1) is 0 Å². The van der Waals surface area contributed by atoms with Crippen LogP contribution in [0.15, 0.2) is 18.2 Å². The normalized spacial score (nSPS) is 26.4. The van der Waals surface area contributed by atoms with E-state index in [0.29, 0.717) is 50.5 Å². The highest BCUT2D eigenvalue weighted by molar-refractivity contribution is 5.94. The Bertz CT molecular complexity index is 558. The first-order valence-corrected chi connectivity index (χ1v) is 7.61. The molecule has 3 rings (SSSR count). The van der Waals surface area contributed by atoms with Crippen LogP contribution < -0.4 is 0 Å². The average Bonchev–Trinajstić information content (AvgIpc) is 2.95. The number of piperazine rings is 1. The number of hydrogen-bond donors (Lipinski definition) is 1. The van der Waals surface area contributed by atoms with Gasteiger partial charge in [-0.1, -0.05) is 6.07 Å².